The van der Waals surface area contributed by atoms with Gasteiger partial charge in [-0.3, -0.25) is 4.79 Å². The molecular formula is C18H28Cl2N2O3. The molecule has 2 unspecified atom stereocenters. The van der Waals surface area contributed by atoms with Crippen molar-refractivity contribution in [3.8, 4) is 11.5 Å². The quantitative estimate of drug-likeness (QED) is 0.742. The molecule has 1 saturated carbocycles. The third kappa shape index (κ3) is 5.66. The predicted molar refractivity (Wildman–Crippen MR) is 103 cm³/mol. The van der Waals surface area contributed by atoms with Crippen LogP contribution in [-0.4, -0.2) is 32.2 Å². The van der Waals surface area contributed by atoms with Crippen LogP contribution < -0.4 is 20.5 Å². The molecule has 3 N–H and O–H groups in total. The van der Waals surface area contributed by atoms with Crippen LogP contribution >= 0.6 is 24.0 Å². The van der Waals surface area contributed by atoms with Gasteiger partial charge < -0.3 is 20.5 Å². The number of methoxy groups -OCH3 is 1. The summed E-state index contributed by atoms with van der Waals surface area (Å²) in [6.07, 6.45) is 5.20. The SMILES string of the molecule is CCCOc1c(Cl)cc(C(=O)NC2CCCCC2CN)cc1OC.Cl. The maximum atomic E-state index is 12.6. The van der Waals surface area contributed by atoms with Crippen LogP contribution in [0.4, 0.5) is 0 Å². The first-order chi connectivity index (χ1) is 11.6. The third-order valence-corrected chi connectivity index (χ3v) is 4.75. The molecule has 0 aliphatic heterocycles. The van der Waals surface area contributed by atoms with Crippen molar-refractivity contribution < 1.29 is 14.3 Å². The summed E-state index contributed by atoms with van der Waals surface area (Å²) >= 11 is 6.29. The summed E-state index contributed by atoms with van der Waals surface area (Å²) in [4.78, 5) is 12.6. The highest BCUT2D eigenvalue weighted by atomic mass is 35.5. The zero-order valence-electron chi connectivity index (χ0n) is 14.8. The number of carbonyl (C=O) groups excluding carboxylic acids is 1. The Morgan fingerprint density at radius 1 is 1.36 bits per heavy atom. The molecular weight excluding hydrogens is 363 g/mol. The Hall–Kier alpha value is -1.17. The van der Waals surface area contributed by atoms with Crippen molar-refractivity contribution >= 4 is 29.9 Å². The number of nitrogens with one attached hydrogen (secondary N) is 1. The van der Waals surface area contributed by atoms with Crippen molar-refractivity contribution in [2.24, 2.45) is 11.7 Å². The number of halogens is 2. The van der Waals surface area contributed by atoms with Gasteiger partial charge in [0, 0.05) is 11.6 Å². The van der Waals surface area contributed by atoms with Crippen LogP contribution in [-0.2, 0) is 0 Å². The van der Waals surface area contributed by atoms with Crippen molar-refractivity contribution in [1.29, 1.82) is 0 Å². The second kappa shape index (κ2) is 10.7. The smallest absolute Gasteiger partial charge is 0.251 e. The molecule has 1 aromatic rings. The second-order valence-corrected chi connectivity index (χ2v) is 6.61. The van der Waals surface area contributed by atoms with E-state index in [9.17, 15) is 4.79 Å². The molecule has 7 heteroatoms. The molecule has 0 bridgehead atoms. The molecule has 0 heterocycles. The van der Waals surface area contributed by atoms with Crippen LogP contribution in [0.25, 0.3) is 0 Å². The largest absolute Gasteiger partial charge is 0.493 e. The van der Waals surface area contributed by atoms with E-state index in [2.05, 4.69) is 5.32 Å². The van der Waals surface area contributed by atoms with Crippen molar-refractivity contribution in [2.75, 3.05) is 20.3 Å². The van der Waals surface area contributed by atoms with E-state index in [1.807, 2.05) is 6.92 Å². The lowest BCUT2D eigenvalue weighted by Crippen LogP contribution is -2.44. The van der Waals surface area contributed by atoms with Crippen LogP contribution in [0, 0.1) is 5.92 Å². The molecule has 1 aliphatic carbocycles. The molecule has 2 atom stereocenters. The first kappa shape index (κ1) is 21.9. The minimum absolute atomic E-state index is 0. The van der Waals surface area contributed by atoms with E-state index < -0.39 is 0 Å². The fourth-order valence-electron chi connectivity index (χ4n) is 3.13. The number of hydrogen-bond acceptors (Lipinski definition) is 4. The summed E-state index contributed by atoms with van der Waals surface area (Å²) < 4.78 is 11.0. The molecule has 0 saturated heterocycles. The number of carbonyl (C=O) groups is 1. The van der Waals surface area contributed by atoms with Crippen LogP contribution in [0.1, 0.15) is 49.4 Å². The monoisotopic (exact) mass is 390 g/mol. The number of ether oxygens (including phenoxy) is 2. The average molecular weight is 391 g/mol. The molecule has 1 aromatic carbocycles. The van der Waals surface area contributed by atoms with Gasteiger partial charge in [-0.15, -0.1) is 12.4 Å². The molecule has 1 amide bonds. The first-order valence-corrected chi connectivity index (χ1v) is 8.99. The van der Waals surface area contributed by atoms with Crippen LogP contribution in [0.3, 0.4) is 0 Å². The molecule has 0 spiro atoms. The normalized spacial score (nSPS) is 19.7. The van der Waals surface area contributed by atoms with E-state index in [4.69, 9.17) is 26.8 Å². The Kier molecular flexibility index (Phi) is 9.39. The summed E-state index contributed by atoms with van der Waals surface area (Å²) in [6.45, 7) is 3.15. The number of amides is 1. The van der Waals surface area contributed by atoms with Gasteiger partial charge in [0.2, 0.25) is 0 Å². The molecule has 0 radical (unpaired) electrons. The fraction of sp³-hybridized carbons (Fsp3) is 0.611. The number of nitrogens with two attached hydrogens (primary N) is 1. The van der Waals surface area contributed by atoms with Gasteiger partial charge in [0.05, 0.1) is 18.7 Å². The van der Waals surface area contributed by atoms with Gasteiger partial charge in [0.15, 0.2) is 11.5 Å². The predicted octanol–water partition coefficient (Wildman–Crippen LogP) is 3.81. The van der Waals surface area contributed by atoms with Gasteiger partial charge in [0.25, 0.3) is 5.91 Å². The molecule has 0 aromatic heterocycles. The lowest BCUT2D eigenvalue weighted by atomic mass is 9.84. The highest BCUT2D eigenvalue weighted by molar-refractivity contribution is 6.32. The molecule has 142 valence electrons. The Bertz CT molecular complexity index is 569. The fourth-order valence-corrected chi connectivity index (χ4v) is 3.39. The molecule has 1 aliphatic rings. The summed E-state index contributed by atoms with van der Waals surface area (Å²) in [6, 6.07) is 3.43. The summed E-state index contributed by atoms with van der Waals surface area (Å²) in [5.41, 5.74) is 6.31. The second-order valence-electron chi connectivity index (χ2n) is 6.20. The zero-order valence-corrected chi connectivity index (χ0v) is 16.4. The third-order valence-electron chi connectivity index (χ3n) is 4.47. The number of rotatable bonds is 7. The minimum atomic E-state index is -0.150. The van der Waals surface area contributed by atoms with Gasteiger partial charge in [-0.2, -0.15) is 0 Å². The van der Waals surface area contributed by atoms with Crippen LogP contribution in [0.5, 0.6) is 11.5 Å². The molecule has 5 nitrogen and oxygen atoms in total. The molecule has 2 rings (SSSR count). The first-order valence-electron chi connectivity index (χ1n) is 8.62. The van der Waals surface area contributed by atoms with Gasteiger partial charge in [-0.1, -0.05) is 31.4 Å². The van der Waals surface area contributed by atoms with Gasteiger partial charge in [0.1, 0.15) is 0 Å². The lowest BCUT2D eigenvalue weighted by Gasteiger charge is -2.31. The number of benzene rings is 1. The molecule has 25 heavy (non-hydrogen) atoms. The average Bonchev–Trinajstić information content (AvgIpc) is 2.60. The highest BCUT2D eigenvalue weighted by Crippen LogP contribution is 2.36. The maximum absolute atomic E-state index is 12.6. The van der Waals surface area contributed by atoms with Crippen molar-refractivity contribution in [1.82, 2.24) is 5.32 Å². The van der Waals surface area contributed by atoms with Crippen molar-refractivity contribution in [3.05, 3.63) is 22.7 Å². The Balaban J connectivity index is 0.00000312. The Morgan fingerprint density at radius 3 is 2.72 bits per heavy atom. The Morgan fingerprint density at radius 2 is 2.08 bits per heavy atom. The topological polar surface area (TPSA) is 73.6 Å². The summed E-state index contributed by atoms with van der Waals surface area (Å²) in [5, 5.41) is 3.48. The van der Waals surface area contributed by atoms with Crippen molar-refractivity contribution in [2.45, 2.75) is 45.1 Å². The van der Waals surface area contributed by atoms with E-state index in [0.29, 0.717) is 41.2 Å². The van der Waals surface area contributed by atoms with Gasteiger partial charge in [-0.25, -0.2) is 0 Å². The lowest BCUT2D eigenvalue weighted by molar-refractivity contribution is 0.0907. The maximum Gasteiger partial charge on any atom is 0.251 e. The highest BCUT2D eigenvalue weighted by Gasteiger charge is 2.26. The zero-order chi connectivity index (χ0) is 17.5. The van der Waals surface area contributed by atoms with Crippen LogP contribution in [0.2, 0.25) is 5.02 Å². The minimum Gasteiger partial charge on any atom is -0.493 e. The molecule has 1 fully saturated rings. The van der Waals surface area contributed by atoms with Gasteiger partial charge >= 0.3 is 0 Å². The van der Waals surface area contributed by atoms with Crippen molar-refractivity contribution in [3.63, 3.8) is 0 Å². The van der Waals surface area contributed by atoms with E-state index in [1.54, 1.807) is 12.1 Å². The summed E-state index contributed by atoms with van der Waals surface area (Å²) in [7, 11) is 1.54. The van der Waals surface area contributed by atoms with Crippen LogP contribution in [0.15, 0.2) is 12.1 Å². The van der Waals surface area contributed by atoms with E-state index in [-0.39, 0.29) is 24.4 Å². The number of hydrogen-bond donors (Lipinski definition) is 2. The van der Waals surface area contributed by atoms with E-state index >= 15 is 0 Å². The Labute approximate surface area is 161 Å². The van der Waals surface area contributed by atoms with Gasteiger partial charge in [-0.05, 0) is 43.9 Å². The summed E-state index contributed by atoms with van der Waals surface area (Å²) in [5.74, 6) is 1.14. The standard InChI is InChI=1S/C18H27ClN2O3.ClH/c1-3-8-24-17-14(19)9-13(10-16(17)23-2)18(22)21-15-7-5-4-6-12(15)11-20;/h9-10,12,15H,3-8,11,20H2,1-2H3,(H,21,22);1H. The van der Waals surface area contributed by atoms with E-state index in [1.165, 1.54) is 13.5 Å². The van der Waals surface area contributed by atoms with E-state index in [0.717, 1.165) is 25.7 Å².